The second kappa shape index (κ2) is 6.33. The van der Waals surface area contributed by atoms with E-state index in [1.54, 1.807) is 6.92 Å². The van der Waals surface area contributed by atoms with E-state index >= 15 is 0 Å². The van der Waals surface area contributed by atoms with Gasteiger partial charge in [0.05, 0.1) is 0 Å². The number of hydrogen-bond acceptors (Lipinski definition) is 1. The van der Waals surface area contributed by atoms with Gasteiger partial charge in [-0.15, -0.1) is 0 Å². The summed E-state index contributed by atoms with van der Waals surface area (Å²) in [5, 5.41) is 0. The summed E-state index contributed by atoms with van der Waals surface area (Å²) in [7, 11) is 0. The fourth-order valence-corrected chi connectivity index (χ4v) is 2.14. The molecular weight excluding hydrogens is 232 g/mol. The van der Waals surface area contributed by atoms with Gasteiger partial charge in [-0.25, -0.2) is 0 Å². The van der Waals surface area contributed by atoms with Gasteiger partial charge in [-0.05, 0) is 36.5 Å². The number of carbonyl (C=O) groups excluding carboxylic acids is 1. The molecule has 2 rings (SSSR count). The van der Waals surface area contributed by atoms with Gasteiger partial charge < -0.3 is 0 Å². The molecule has 0 radical (unpaired) electrons. The third-order valence-corrected chi connectivity index (χ3v) is 3.40. The molecular formula is C18H20O. The first-order valence-corrected chi connectivity index (χ1v) is 6.91. The number of aryl methyl sites for hydroxylation is 1. The summed E-state index contributed by atoms with van der Waals surface area (Å²) in [6.45, 7) is 3.81. The van der Waals surface area contributed by atoms with E-state index in [9.17, 15) is 4.79 Å². The summed E-state index contributed by atoms with van der Waals surface area (Å²) in [5.41, 5.74) is 4.52. The van der Waals surface area contributed by atoms with Crippen LogP contribution in [0.3, 0.4) is 0 Å². The summed E-state index contributed by atoms with van der Waals surface area (Å²) < 4.78 is 0. The van der Waals surface area contributed by atoms with E-state index in [1.807, 2.05) is 24.3 Å². The van der Waals surface area contributed by atoms with Gasteiger partial charge in [0.15, 0.2) is 5.78 Å². The molecule has 0 unspecified atom stereocenters. The lowest BCUT2D eigenvalue weighted by Crippen LogP contribution is -1.91. The minimum atomic E-state index is 0.112. The summed E-state index contributed by atoms with van der Waals surface area (Å²) in [6.07, 6.45) is 3.63. The van der Waals surface area contributed by atoms with Gasteiger partial charge >= 0.3 is 0 Å². The normalized spacial score (nSPS) is 10.4. The van der Waals surface area contributed by atoms with E-state index < -0.39 is 0 Å². The molecule has 0 aliphatic heterocycles. The Morgan fingerprint density at radius 2 is 1.42 bits per heavy atom. The monoisotopic (exact) mass is 252 g/mol. The second-order valence-corrected chi connectivity index (χ2v) is 4.93. The molecule has 0 saturated carbocycles. The molecule has 2 aromatic rings. The molecule has 0 aliphatic rings. The van der Waals surface area contributed by atoms with E-state index in [0.717, 1.165) is 17.5 Å². The van der Waals surface area contributed by atoms with Gasteiger partial charge in [-0.1, -0.05) is 61.9 Å². The summed E-state index contributed by atoms with van der Waals surface area (Å²) >= 11 is 0. The van der Waals surface area contributed by atoms with Crippen LogP contribution in [-0.2, 0) is 6.42 Å². The lowest BCUT2D eigenvalue weighted by Gasteiger charge is -2.05. The van der Waals surface area contributed by atoms with Gasteiger partial charge in [0.1, 0.15) is 0 Å². The highest BCUT2D eigenvalue weighted by Gasteiger charge is 2.01. The predicted octanol–water partition coefficient (Wildman–Crippen LogP) is 4.90. The molecule has 0 N–H and O–H groups in total. The molecule has 2 aromatic carbocycles. The first-order chi connectivity index (χ1) is 9.20. The van der Waals surface area contributed by atoms with Crippen molar-refractivity contribution in [3.8, 4) is 11.1 Å². The SMILES string of the molecule is CCCCc1ccc(-c2ccc(C(C)=O)cc2)cc1. The van der Waals surface area contributed by atoms with Crippen LogP contribution in [0, 0.1) is 0 Å². The van der Waals surface area contributed by atoms with Crippen LogP contribution in [0.4, 0.5) is 0 Å². The number of ketones is 1. The summed E-state index contributed by atoms with van der Waals surface area (Å²) in [5.74, 6) is 0.112. The fraction of sp³-hybridized carbons (Fsp3) is 0.278. The fourth-order valence-electron chi connectivity index (χ4n) is 2.14. The zero-order valence-electron chi connectivity index (χ0n) is 11.6. The molecule has 1 heteroatoms. The van der Waals surface area contributed by atoms with Crippen molar-refractivity contribution in [3.05, 3.63) is 59.7 Å². The van der Waals surface area contributed by atoms with E-state index in [1.165, 1.54) is 24.0 Å². The zero-order chi connectivity index (χ0) is 13.7. The molecule has 98 valence electrons. The highest BCUT2D eigenvalue weighted by Crippen LogP contribution is 2.21. The van der Waals surface area contributed by atoms with Crippen LogP contribution in [-0.4, -0.2) is 5.78 Å². The van der Waals surface area contributed by atoms with Crippen molar-refractivity contribution < 1.29 is 4.79 Å². The van der Waals surface area contributed by atoms with Gasteiger partial charge in [0.25, 0.3) is 0 Å². The van der Waals surface area contributed by atoms with Gasteiger partial charge in [0, 0.05) is 5.56 Å². The largest absolute Gasteiger partial charge is 0.295 e. The highest BCUT2D eigenvalue weighted by atomic mass is 16.1. The van der Waals surface area contributed by atoms with Crippen LogP contribution in [0.5, 0.6) is 0 Å². The lowest BCUT2D eigenvalue weighted by atomic mass is 10.0. The molecule has 0 fully saturated rings. The topological polar surface area (TPSA) is 17.1 Å². The van der Waals surface area contributed by atoms with Crippen molar-refractivity contribution in [2.24, 2.45) is 0 Å². The lowest BCUT2D eigenvalue weighted by molar-refractivity contribution is 0.101. The van der Waals surface area contributed by atoms with Crippen LogP contribution in [0.15, 0.2) is 48.5 Å². The number of unbranched alkanes of at least 4 members (excludes halogenated alkanes) is 1. The number of rotatable bonds is 5. The van der Waals surface area contributed by atoms with E-state index in [-0.39, 0.29) is 5.78 Å². The van der Waals surface area contributed by atoms with Crippen molar-refractivity contribution >= 4 is 5.78 Å². The van der Waals surface area contributed by atoms with Crippen LogP contribution >= 0.6 is 0 Å². The van der Waals surface area contributed by atoms with E-state index in [4.69, 9.17) is 0 Å². The Morgan fingerprint density at radius 1 is 0.895 bits per heavy atom. The van der Waals surface area contributed by atoms with Crippen molar-refractivity contribution in [1.82, 2.24) is 0 Å². The van der Waals surface area contributed by atoms with E-state index in [2.05, 4.69) is 31.2 Å². The van der Waals surface area contributed by atoms with Gasteiger partial charge in [-0.3, -0.25) is 4.79 Å². The zero-order valence-corrected chi connectivity index (χ0v) is 11.6. The molecule has 0 heterocycles. The Balaban J connectivity index is 2.15. The van der Waals surface area contributed by atoms with Crippen molar-refractivity contribution in [2.75, 3.05) is 0 Å². The third kappa shape index (κ3) is 3.54. The second-order valence-electron chi connectivity index (χ2n) is 4.93. The molecule has 0 amide bonds. The Bertz CT molecular complexity index is 535. The standard InChI is InChI=1S/C18H20O/c1-3-4-5-15-6-8-17(9-7-15)18-12-10-16(11-13-18)14(2)19/h6-13H,3-5H2,1-2H3. The smallest absolute Gasteiger partial charge is 0.159 e. The minimum Gasteiger partial charge on any atom is -0.295 e. The Hall–Kier alpha value is -1.89. The van der Waals surface area contributed by atoms with Crippen LogP contribution < -0.4 is 0 Å². The Morgan fingerprint density at radius 3 is 1.89 bits per heavy atom. The average Bonchev–Trinajstić information content (AvgIpc) is 2.46. The summed E-state index contributed by atoms with van der Waals surface area (Å²) in [6, 6.07) is 16.5. The molecule has 1 nitrogen and oxygen atoms in total. The number of hydrogen-bond donors (Lipinski definition) is 0. The first-order valence-electron chi connectivity index (χ1n) is 6.91. The average molecular weight is 252 g/mol. The van der Waals surface area contributed by atoms with Crippen molar-refractivity contribution in [2.45, 2.75) is 33.1 Å². The van der Waals surface area contributed by atoms with Crippen molar-refractivity contribution in [1.29, 1.82) is 0 Å². The predicted molar refractivity (Wildman–Crippen MR) is 80.5 cm³/mol. The number of carbonyl (C=O) groups is 1. The molecule has 19 heavy (non-hydrogen) atoms. The maximum atomic E-state index is 11.2. The molecule has 0 aliphatic carbocycles. The first kappa shape index (κ1) is 13.5. The van der Waals surface area contributed by atoms with Crippen LogP contribution in [0.1, 0.15) is 42.6 Å². The van der Waals surface area contributed by atoms with E-state index in [0.29, 0.717) is 0 Å². The third-order valence-electron chi connectivity index (χ3n) is 3.40. The van der Waals surface area contributed by atoms with Crippen LogP contribution in [0.25, 0.3) is 11.1 Å². The van der Waals surface area contributed by atoms with Gasteiger partial charge in [0.2, 0.25) is 0 Å². The molecule has 0 spiro atoms. The van der Waals surface area contributed by atoms with Crippen LogP contribution in [0.2, 0.25) is 0 Å². The molecule has 0 bridgehead atoms. The molecule has 0 atom stereocenters. The quantitative estimate of drug-likeness (QED) is 0.692. The maximum absolute atomic E-state index is 11.2. The minimum absolute atomic E-state index is 0.112. The van der Waals surface area contributed by atoms with Crippen molar-refractivity contribution in [3.63, 3.8) is 0 Å². The molecule has 0 aromatic heterocycles. The number of Topliss-reactive ketones (excluding diaryl/α,β-unsaturated/α-hetero) is 1. The Kier molecular flexibility index (Phi) is 4.51. The highest BCUT2D eigenvalue weighted by molar-refractivity contribution is 5.94. The summed E-state index contributed by atoms with van der Waals surface area (Å²) in [4.78, 5) is 11.2. The van der Waals surface area contributed by atoms with Gasteiger partial charge in [-0.2, -0.15) is 0 Å². The maximum Gasteiger partial charge on any atom is 0.159 e. The molecule has 0 saturated heterocycles. The number of benzene rings is 2. The Labute approximate surface area is 115 Å².